The van der Waals surface area contributed by atoms with Gasteiger partial charge in [0.15, 0.2) is 32.1 Å². The summed E-state index contributed by atoms with van der Waals surface area (Å²) in [5, 5.41) is 16.8. The molecule has 2 aromatic heterocycles. The Balaban J connectivity index is 1.84. The zero-order valence-electron chi connectivity index (χ0n) is 34.1. The lowest BCUT2D eigenvalue weighted by Crippen LogP contribution is -2.48. The molecule has 57 heavy (non-hydrogen) atoms. The van der Waals surface area contributed by atoms with Gasteiger partial charge in [0.1, 0.15) is 23.7 Å². The third-order valence-electron chi connectivity index (χ3n) is 9.14. The van der Waals surface area contributed by atoms with Gasteiger partial charge in [-0.1, -0.05) is 41.5 Å². The number of H-pyrrole nitrogens is 1. The van der Waals surface area contributed by atoms with Crippen LogP contribution in [0.25, 0.3) is 5.82 Å². The zero-order chi connectivity index (χ0) is 42.2. The van der Waals surface area contributed by atoms with E-state index in [1.54, 1.807) is 20.8 Å². The predicted octanol–water partition coefficient (Wildman–Crippen LogP) is 7.12. The van der Waals surface area contributed by atoms with Gasteiger partial charge in [0, 0.05) is 18.2 Å². The first kappa shape index (κ1) is 43.9. The van der Waals surface area contributed by atoms with Gasteiger partial charge in [-0.2, -0.15) is 14.9 Å². The van der Waals surface area contributed by atoms with Crippen molar-refractivity contribution >= 4 is 31.8 Å². The van der Waals surface area contributed by atoms with Crippen LogP contribution in [0.5, 0.6) is 11.5 Å². The SMILES string of the molecule is COC(=O)c1ocnc1-n1nc(C(=Nc2ccc(C#N)c(CNC(=O)OC(C)(C)C)c2)c2cc(OC)cc(OCCO[Si](C(C)C)(C(C)C)C(C)C)c2F)[nH]c1=O. The molecule has 0 aliphatic carbocycles. The molecule has 0 fully saturated rings. The fourth-order valence-electron chi connectivity index (χ4n) is 6.79. The number of oxazole rings is 1. The second-order valence-electron chi connectivity index (χ2n) is 15.0. The largest absolute Gasteiger partial charge is 0.497 e. The molecule has 0 atom stereocenters. The van der Waals surface area contributed by atoms with Gasteiger partial charge >= 0.3 is 17.8 Å². The number of alkyl carbamates (subject to hydrolysis) is 1. The number of ether oxygens (including phenoxy) is 4. The molecule has 0 spiro atoms. The van der Waals surface area contributed by atoms with Crippen LogP contribution in [0, 0.1) is 17.1 Å². The van der Waals surface area contributed by atoms with E-state index in [0.29, 0.717) is 22.2 Å². The summed E-state index contributed by atoms with van der Waals surface area (Å²) in [6.07, 6.45) is 0.233. The summed E-state index contributed by atoms with van der Waals surface area (Å²) in [5.41, 5.74) is -0.244. The quantitative estimate of drug-likeness (QED) is 0.0503. The van der Waals surface area contributed by atoms with E-state index in [1.165, 1.54) is 37.4 Å². The standard InChI is InChI=1S/C39H50FN7O9Si/c1-22(2)57(23(3)4,24(5)6)55-15-14-53-30-18-28(51-10)17-29(31(30)40)32(34-45-37(49)47(46-34)35-33(36(48)52-11)54-21-43-35)44-27-13-12-25(19-41)26(16-27)20-42-38(50)56-39(7,8)9/h12-13,16-18,21-24H,14-15,20H2,1-11H3,(H,42,50)(H,45,46,49). The maximum atomic E-state index is 16.8. The number of amides is 1. The second-order valence-corrected chi connectivity index (χ2v) is 20.4. The van der Waals surface area contributed by atoms with Crippen LogP contribution in [-0.4, -0.2) is 78.9 Å². The maximum absolute atomic E-state index is 16.8. The lowest BCUT2D eigenvalue weighted by Gasteiger charge is -2.42. The summed E-state index contributed by atoms with van der Waals surface area (Å²) in [5.74, 6) is -2.71. The van der Waals surface area contributed by atoms with E-state index < -0.39 is 43.2 Å². The predicted molar refractivity (Wildman–Crippen MR) is 211 cm³/mol. The summed E-state index contributed by atoms with van der Waals surface area (Å²) in [6.45, 7) is 18.3. The van der Waals surface area contributed by atoms with Crippen LogP contribution in [0.2, 0.25) is 16.6 Å². The highest BCUT2D eigenvalue weighted by Gasteiger charge is 2.45. The molecule has 4 aromatic rings. The highest BCUT2D eigenvalue weighted by Crippen LogP contribution is 2.42. The number of hydrogen-bond donors (Lipinski definition) is 2. The Morgan fingerprint density at radius 1 is 1.07 bits per heavy atom. The summed E-state index contributed by atoms with van der Waals surface area (Å²) in [6, 6.07) is 9.31. The molecule has 18 heteroatoms. The number of aromatic amines is 1. The number of aliphatic imine (C=N–C) groups is 1. The topological polar surface area (TPSA) is 205 Å². The number of nitriles is 1. The third-order valence-corrected chi connectivity index (χ3v) is 15.3. The van der Waals surface area contributed by atoms with E-state index in [1.807, 2.05) is 0 Å². The first-order valence-corrected chi connectivity index (χ1v) is 20.5. The number of esters is 1. The molecule has 4 rings (SSSR count). The molecule has 2 N–H and O–H groups in total. The van der Waals surface area contributed by atoms with Crippen LogP contribution in [0.15, 0.2) is 50.9 Å². The highest BCUT2D eigenvalue weighted by atomic mass is 28.4. The van der Waals surface area contributed by atoms with Crippen LogP contribution in [-0.2, 0) is 20.4 Å². The Bertz CT molecular complexity index is 2170. The molecule has 0 unspecified atom stereocenters. The number of methoxy groups -OCH3 is 2. The Morgan fingerprint density at radius 2 is 1.75 bits per heavy atom. The van der Waals surface area contributed by atoms with Crippen molar-refractivity contribution in [1.82, 2.24) is 25.1 Å². The van der Waals surface area contributed by atoms with Crippen LogP contribution < -0.4 is 20.5 Å². The minimum Gasteiger partial charge on any atom is -0.497 e. The molecular weight excluding hydrogens is 758 g/mol. The number of rotatable bonds is 16. The van der Waals surface area contributed by atoms with Gasteiger partial charge in [0.25, 0.3) is 5.76 Å². The van der Waals surface area contributed by atoms with Crippen molar-refractivity contribution in [2.45, 2.75) is 91.1 Å². The lowest BCUT2D eigenvalue weighted by molar-refractivity contribution is 0.0521. The molecule has 0 saturated heterocycles. The number of nitrogens with one attached hydrogen (secondary N) is 2. The van der Waals surface area contributed by atoms with Gasteiger partial charge in [0.05, 0.1) is 38.1 Å². The number of carbonyl (C=O) groups excluding carboxylic acids is 2. The fourth-order valence-corrected chi connectivity index (χ4v) is 12.2. The van der Waals surface area contributed by atoms with Crippen LogP contribution >= 0.6 is 0 Å². The monoisotopic (exact) mass is 807 g/mol. The zero-order valence-corrected chi connectivity index (χ0v) is 35.1. The molecule has 0 saturated carbocycles. The number of hydrogen-bond acceptors (Lipinski definition) is 13. The van der Waals surface area contributed by atoms with E-state index in [2.05, 4.69) is 68.0 Å². The molecule has 16 nitrogen and oxygen atoms in total. The minimum atomic E-state index is -2.24. The molecule has 2 aromatic carbocycles. The van der Waals surface area contributed by atoms with Crippen molar-refractivity contribution in [2.24, 2.45) is 4.99 Å². The van der Waals surface area contributed by atoms with E-state index >= 15 is 4.39 Å². The van der Waals surface area contributed by atoms with E-state index in [0.717, 1.165) is 18.2 Å². The van der Waals surface area contributed by atoms with E-state index in [9.17, 15) is 19.6 Å². The normalized spacial score (nSPS) is 12.2. The molecule has 0 aliphatic heterocycles. The number of halogens is 1. The number of aromatic nitrogens is 4. The highest BCUT2D eigenvalue weighted by molar-refractivity contribution is 6.77. The number of carbonyl (C=O) groups is 2. The average molecular weight is 808 g/mol. The molecule has 2 heterocycles. The fraction of sp³-hybridized carbons (Fsp3) is 0.462. The van der Waals surface area contributed by atoms with Crippen LogP contribution in [0.1, 0.15) is 95.4 Å². The third kappa shape index (κ3) is 10.1. The van der Waals surface area contributed by atoms with Crippen molar-refractivity contribution in [2.75, 3.05) is 27.4 Å². The molecule has 0 aliphatic rings. The first-order valence-electron chi connectivity index (χ1n) is 18.3. The summed E-state index contributed by atoms with van der Waals surface area (Å²) in [7, 11) is 0.283. The van der Waals surface area contributed by atoms with E-state index in [4.69, 9.17) is 32.8 Å². The van der Waals surface area contributed by atoms with E-state index in [-0.39, 0.29) is 65.4 Å². The van der Waals surface area contributed by atoms with Gasteiger partial charge in [-0.05, 0) is 67.2 Å². The number of nitrogens with zero attached hydrogens (tertiary/aromatic N) is 5. The Morgan fingerprint density at radius 3 is 2.35 bits per heavy atom. The van der Waals surface area contributed by atoms with Gasteiger partial charge in [-0.15, -0.1) is 5.10 Å². The van der Waals surface area contributed by atoms with Gasteiger partial charge in [0.2, 0.25) is 5.82 Å². The van der Waals surface area contributed by atoms with Crippen LogP contribution in [0.3, 0.4) is 0 Å². The first-order chi connectivity index (χ1) is 26.9. The lowest BCUT2D eigenvalue weighted by atomic mass is 10.1. The molecular formula is C39H50FN7O9Si. The Hall–Kier alpha value is -5.80. The van der Waals surface area contributed by atoms with Crippen LogP contribution in [0.4, 0.5) is 14.9 Å². The van der Waals surface area contributed by atoms with Crippen molar-refractivity contribution in [3.63, 3.8) is 0 Å². The Kier molecular flexibility index (Phi) is 14.2. The molecule has 306 valence electrons. The smallest absolute Gasteiger partial charge is 0.407 e. The maximum Gasteiger partial charge on any atom is 0.407 e. The van der Waals surface area contributed by atoms with Crippen molar-refractivity contribution in [3.8, 4) is 23.4 Å². The molecule has 0 bridgehead atoms. The van der Waals surface area contributed by atoms with Gasteiger partial charge in [-0.3, -0.25) is 4.98 Å². The average Bonchev–Trinajstić information content (AvgIpc) is 3.78. The molecule has 0 radical (unpaired) electrons. The second kappa shape index (κ2) is 18.4. The summed E-state index contributed by atoms with van der Waals surface area (Å²) < 4.78 is 50.9. The minimum absolute atomic E-state index is 0.0223. The van der Waals surface area contributed by atoms with Gasteiger partial charge < -0.3 is 33.1 Å². The molecule has 1 amide bonds. The van der Waals surface area contributed by atoms with Gasteiger partial charge in [-0.25, -0.2) is 23.8 Å². The van der Waals surface area contributed by atoms with Crippen molar-refractivity contribution in [1.29, 1.82) is 5.26 Å². The summed E-state index contributed by atoms with van der Waals surface area (Å²) >= 11 is 0. The van der Waals surface area contributed by atoms with Crippen molar-refractivity contribution in [3.05, 3.63) is 81.3 Å². The Labute approximate surface area is 331 Å². The van der Waals surface area contributed by atoms with Crippen molar-refractivity contribution < 1.29 is 41.8 Å². The summed E-state index contributed by atoms with van der Waals surface area (Å²) in [4.78, 5) is 49.4. The number of benzene rings is 2.